The highest BCUT2D eigenvalue weighted by atomic mass is 32.1. The number of amides is 1. The van der Waals surface area contributed by atoms with Crippen LogP contribution in [0.15, 0.2) is 16.6 Å². The first-order valence-electron chi connectivity index (χ1n) is 12.5. The van der Waals surface area contributed by atoms with Gasteiger partial charge in [-0.15, -0.1) is 11.3 Å². The minimum atomic E-state index is -0.826. The molecule has 3 aliphatic rings. The third-order valence-electron chi connectivity index (χ3n) is 7.41. The van der Waals surface area contributed by atoms with E-state index in [1.165, 1.54) is 19.3 Å². The molecule has 2 atom stereocenters. The Morgan fingerprint density at radius 3 is 2.82 bits per heavy atom. The molecule has 186 valence electrons. The molecule has 0 bridgehead atoms. The Labute approximate surface area is 206 Å². The van der Waals surface area contributed by atoms with Gasteiger partial charge in [-0.1, -0.05) is 32.1 Å². The van der Waals surface area contributed by atoms with E-state index in [0.29, 0.717) is 50.8 Å². The second-order valence-electron chi connectivity index (χ2n) is 9.91. The minimum Gasteiger partial charge on any atom is -0.370 e. The highest BCUT2D eigenvalue weighted by Crippen LogP contribution is 2.29. The van der Waals surface area contributed by atoms with Crippen molar-refractivity contribution in [1.29, 1.82) is 5.26 Å². The summed E-state index contributed by atoms with van der Waals surface area (Å²) in [4.78, 5) is 26.8. The number of nitrogens with one attached hydrogen (secondary N) is 1. The van der Waals surface area contributed by atoms with Crippen LogP contribution in [0.1, 0.15) is 62.5 Å². The summed E-state index contributed by atoms with van der Waals surface area (Å²) in [5.41, 5.74) is 5.65. The molecule has 1 aliphatic carbocycles. The summed E-state index contributed by atoms with van der Waals surface area (Å²) in [7, 11) is 2.04. The number of aromatic nitrogens is 1. The molecule has 3 heterocycles. The Hall–Kier alpha value is -2.22. The summed E-state index contributed by atoms with van der Waals surface area (Å²) in [6.07, 6.45) is 9.46. The van der Waals surface area contributed by atoms with Gasteiger partial charge in [-0.25, -0.2) is 9.98 Å². The maximum absolute atomic E-state index is 13.5. The number of piperidine rings is 1. The largest absolute Gasteiger partial charge is 0.370 e. The number of morpholine rings is 1. The predicted molar refractivity (Wildman–Crippen MR) is 132 cm³/mol. The van der Waals surface area contributed by atoms with Crippen LogP contribution < -0.4 is 11.1 Å². The van der Waals surface area contributed by atoms with E-state index in [1.54, 1.807) is 17.5 Å². The Morgan fingerprint density at radius 1 is 1.38 bits per heavy atom. The van der Waals surface area contributed by atoms with Gasteiger partial charge in [0.05, 0.1) is 19.2 Å². The number of carbonyl (C=O) groups excluding carboxylic acids is 1. The van der Waals surface area contributed by atoms with E-state index in [0.717, 1.165) is 30.9 Å². The van der Waals surface area contributed by atoms with Gasteiger partial charge in [-0.05, 0) is 32.2 Å². The summed E-state index contributed by atoms with van der Waals surface area (Å²) >= 11 is 1.57. The van der Waals surface area contributed by atoms with Crippen molar-refractivity contribution in [2.75, 3.05) is 39.8 Å². The van der Waals surface area contributed by atoms with Crippen molar-refractivity contribution in [3.8, 4) is 6.07 Å². The number of likely N-dealkylation sites (tertiary alicyclic amines) is 1. The molecule has 1 saturated carbocycles. The maximum Gasteiger partial charge on any atom is 0.246 e. The van der Waals surface area contributed by atoms with E-state index >= 15 is 0 Å². The van der Waals surface area contributed by atoms with Crippen molar-refractivity contribution in [3.05, 3.63) is 16.6 Å². The number of nitriles is 1. The fourth-order valence-electron chi connectivity index (χ4n) is 5.18. The Kier molecular flexibility index (Phi) is 8.40. The van der Waals surface area contributed by atoms with Crippen LogP contribution in [-0.4, -0.2) is 78.1 Å². The van der Waals surface area contributed by atoms with E-state index in [-0.39, 0.29) is 12.0 Å². The number of hydrogen-bond acceptors (Lipinski definition) is 7. The molecule has 2 unspecified atom stereocenters. The van der Waals surface area contributed by atoms with Crippen molar-refractivity contribution in [1.82, 2.24) is 20.1 Å². The van der Waals surface area contributed by atoms with Crippen LogP contribution in [0.5, 0.6) is 0 Å². The number of nitrogens with two attached hydrogens (primary N) is 1. The zero-order chi connectivity index (χ0) is 24.0. The van der Waals surface area contributed by atoms with Crippen LogP contribution in [-0.2, 0) is 9.53 Å². The van der Waals surface area contributed by atoms with E-state index in [1.807, 2.05) is 17.3 Å². The number of rotatable bonds is 6. The number of ether oxygens (including phenoxy) is 1. The molecule has 0 aromatic carbocycles. The van der Waals surface area contributed by atoms with Gasteiger partial charge >= 0.3 is 0 Å². The van der Waals surface area contributed by atoms with Gasteiger partial charge in [-0.2, -0.15) is 5.26 Å². The van der Waals surface area contributed by atoms with Gasteiger partial charge in [0.25, 0.3) is 0 Å². The third-order valence-corrected chi connectivity index (χ3v) is 8.27. The summed E-state index contributed by atoms with van der Waals surface area (Å²) in [5, 5.41) is 15.9. The van der Waals surface area contributed by atoms with Gasteiger partial charge < -0.3 is 25.6 Å². The Balaban J connectivity index is 1.48. The van der Waals surface area contributed by atoms with Gasteiger partial charge in [-0.3, -0.25) is 4.79 Å². The van der Waals surface area contributed by atoms with Crippen LogP contribution in [0.3, 0.4) is 0 Å². The first-order chi connectivity index (χ1) is 16.5. The summed E-state index contributed by atoms with van der Waals surface area (Å²) in [6, 6.07) is 1.81. The van der Waals surface area contributed by atoms with Crippen LogP contribution in [0.4, 0.5) is 0 Å². The molecule has 4 rings (SSSR count). The number of guanidine groups is 1. The highest BCUT2D eigenvalue weighted by Gasteiger charge is 2.38. The molecular weight excluding hydrogens is 450 g/mol. The average Bonchev–Trinajstić information content (AvgIpc) is 3.41. The quantitative estimate of drug-likeness (QED) is 0.466. The molecule has 1 amide bonds. The third kappa shape index (κ3) is 6.26. The highest BCUT2D eigenvalue weighted by molar-refractivity contribution is 7.09. The molecule has 1 aromatic heterocycles. The van der Waals surface area contributed by atoms with E-state index in [2.05, 4.69) is 21.3 Å². The molecule has 2 aliphatic heterocycles. The zero-order valence-corrected chi connectivity index (χ0v) is 20.9. The van der Waals surface area contributed by atoms with Gasteiger partial charge in [0, 0.05) is 31.2 Å². The summed E-state index contributed by atoms with van der Waals surface area (Å²) in [5.74, 6) is 0.656. The fraction of sp³-hybridized carbons (Fsp3) is 0.750. The molecule has 3 fully saturated rings. The van der Waals surface area contributed by atoms with Crippen molar-refractivity contribution in [2.45, 2.75) is 69.1 Å². The lowest BCUT2D eigenvalue weighted by atomic mass is 9.84. The van der Waals surface area contributed by atoms with Crippen LogP contribution in [0, 0.1) is 17.2 Å². The SMILES string of the molecule is CN1CCC(C#N)(NC(=O)C(CC2CCCCC2)N=C(N)N2CCOC(c3nccs3)C2)CC1. The maximum atomic E-state index is 13.5. The minimum absolute atomic E-state index is 0.144. The summed E-state index contributed by atoms with van der Waals surface area (Å²) in [6.45, 7) is 3.31. The van der Waals surface area contributed by atoms with Crippen molar-refractivity contribution < 1.29 is 9.53 Å². The first-order valence-corrected chi connectivity index (χ1v) is 13.4. The number of nitrogens with zero attached hydrogens (tertiary/aromatic N) is 5. The second kappa shape index (κ2) is 11.5. The monoisotopic (exact) mass is 487 g/mol. The second-order valence-corrected chi connectivity index (χ2v) is 10.8. The van der Waals surface area contributed by atoms with Crippen LogP contribution in [0.25, 0.3) is 0 Å². The fourth-order valence-corrected chi connectivity index (χ4v) is 5.86. The summed E-state index contributed by atoms with van der Waals surface area (Å²) < 4.78 is 5.89. The molecule has 10 heteroatoms. The standard InChI is InChI=1S/C24H37N7O2S/c1-30-10-7-24(17-25,8-11-30)29-21(32)19(15-18-5-3-2-4-6-18)28-23(26)31-12-13-33-20(16-31)22-27-9-14-34-22/h9,14,18-20H,2-8,10-13,15-16H2,1H3,(H2,26,28)(H,29,32). The molecule has 9 nitrogen and oxygen atoms in total. The smallest absolute Gasteiger partial charge is 0.246 e. The Morgan fingerprint density at radius 2 is 2.15 bits per heavy atom. The van der Waals surface area contributed by atoms with Crippen LogP contribution >= 0.6 is 11.3 Å². The van der Waals surface area contributed by atoms with E-state index in [4.69, 9.17) is 15.5 Å². The molecule has 3 N–H and O–H groups in total. The molecule has 0 spiro atoms. The van der Waals surface area contributed by atoms with Gasteiger partial charge in [0.15, 0.2) is 5.96 Å². The number of hydrogen-bond donors (Lipinski definition) is 2. The molecule has 1 aromatic rings. The number of carbonyl (C=O) groups is 1. The molecule has 34 heavy (non-hydrogen) atoms. The molecule has 0 radical (unpaired) electrons. The van der Waals surface area contributed by atoms with Gasteiger partial charge in [0.1, 0.15) is 22.7 Å². The first kappa shape index (κ1) is 24.9. The lowest BCUT2D eigenvalue weighted by Gasteiger charge is -2.37. The Bertz CT molecular complexity index is 870. The average molecular weight is 488 g/mol. The molecular formula is C24H37N7O2S. The zero-order valence-electron chi connectivity index (χ0n) is 20.1. The normalized spacial score (nSPS) is 25.5. The van der Waals surface area contributed by atoms with Gasteiger partial charge in [0.2, 0.25) is 5.91 Å². The number of thiazole rings is 1. The van der Waals surface area contributed by atoms with Crippen molar-refractivity contribution in [3.63, 3.8) is 0 Å². The number of aliphatic imine (C=N–C) groups is 1. The molecule has 2 saturated heterocycles. The van der Waals surface area contributed by atoms with Crippen molar-refractivity contribution >= 4 is 23.2 Å². The topological polar surface area (TPSA) is 120 Å². The van der Waals surface area contributed by atoms with E-state index < -0.39 is 11.6 Å². The van der Waals surface area contributed by atoms with Crippen molar-refractivity contribution in [2.24, 2.45) is 16.6 Å². The predicted octanol–water partition coefficient (Wildman–Crippen LogP) is 2.27. The van der Waals surface area contributed by atoms with E-state index in [9.17, 15) is 10.1 Å². The lowest BCUT2D eigenvalue weighted by Crippen LogP contribution is -2.56. The van der Waals surface area contributed by atoms with Crippen LogP contribution in [0.2, 0.25) is 0 Å². The lowest BCUT2D eigenvalue weighted by molar-refractivity contribution is -0.124.